The molecular formula is C25H47Cl2N5O4. The number of halogens is 2. The number of aliphatic carboxylic acids is 1. The standard InChI is InChI=1S/C25H45N5O4.2ClH/c1-28(19-8-4-2-3-5-9-19)22(18-23(31)32)24(33)30-14-7-6-10-20(30)13-17-34-21-11-15-29(16-12-21)25(26)27;;/h19-22H,2-18H2,1H3,(H3,26,27)(H,31,32);2*1H/t20?,22-;;/m0../s1. The maximum absolute atomic E-state index is 13.7. The van der Waals surface area contributed by atoms with Crippen molar-refractivity contribution in [1.82, 2.24) is 14.7 Å². The number of hydrogen-bond acceptors (Lipinski definition) is 5. The Morgan fingerprint density at radius 1 is 1.00 bits per heavy atom. The highest BCUT2D eigenvalue weighted by molar-refractivity contribution is 5.86. The number of nitrogens with one attached hydrogen (secondary N) is 1. The first kappa shape index (κ1) is 32.7. The largest absolute Gasteiger partial charge is 0.481 e. The normalized spacial score (nSPS) is 22.8. The number of hydrogen-bond donors (Lipinski definition) is 3. The van der Waals surface area contributed by atoms with Crippen molar-refractivity contribution in [3.05, 3.63) is 0 Å². The molecule has 2 aliphatic heterocycles. The minimum absolute atomic E-state index is 0. The van der Waals surface area contributed by atoms with E-state index < -0.39 is 12.0 Å². The van der Waals surface area contributed by atoms with Gasteiger partial charge in [-0.2, -0.15) is 0 Å². The molecule has 210 valence electrons. The van der Waals surface area contributed by atoms with Gasteiger partial charge in [-0.3, -0.25) is 19.9 Å². The van der Waals surface area contributed by atoms with Crippen LogP contribution in [-0.4, -0.2) is 95.2 Å². The van der Waals surface area contributed by atoms with Crippen LogP contribution in [0.25, 0.3) is 0 Å². The van der Waals surface area contributed by atoms with E-state index >= 15 is 0 Å². The number of likely N-dealkylation sites (tertiary alicyclic amines) is 2. The topological polar surface area (TPSA) is 123 Å². The number of piperidine rings is 2. The van der Waals surface area contributed by atoms with Crippen molar-refractivity contribution in [1.29, 1.82) is 5.41 Å². The lowest BCUT2D eigenvalue weighted by Crippen LogP contribution is -2.55. The predicted molar refractivity (Wildman–Crippen MR) is 146 cm³/mol. The Morgan fingerprint density at radius 2 is 1.61 bits per heavy atom. The summed E-state index contributed by atoms with van der Waals surface area (Å²) in [5, 5.41) is 17.2. The maximum atomic E-state index is 13.7. The highest BCUT2D eigenvalue weighted by Crippen LogP contribution is 2.27. The zero-order valence-corrected chi connectivity index (χ0v) is 23.4. The van der Waals surface area contributed by atoms with Crippen LogP contribution in [0.15, 0.2) is 0 Å². The van der Waals surface area contributed by atoms with Crippen molar-refractivity contribution in [2.24, 2.45) is 5.73 Å². The maximum Gasteiger partial charge on any atom is 0.305 e. The molecular weight excluding hydrogens is 505 g/mol. The van der Waals surface area contributed by atoms with Crippen LogP contribution in [0.2, 0.25) is 0 Å². The molecule has 0 radical (unpaired) electrons. The number of amides is 1. The fourth-order valence-electron chi connectivity index (χ4n) is 5.91. The predicted octanol–water partition coefficient (Wildman–Crippen LogP) is 3.47. The van der Waals surface area contributed by atoms with E-state index in [1.165, 1.54) is 12.8 Å². The minimum atomic E-state index is -0.910. The summed E-state index contributed by atoms with van der Waals surface area (Å²) in [6.45, 7) is 2.80. The van der Waals surface area contributed by atoms with E-state index in [4.69, 9.17) is 15.9 Å². The van der Waals surface area contributed by atoms with Gasteiger partial charge in [0.15, 0.2) is 5.96 Å². The summed E-state index contributed by atoms with van der Waals surface area (Å²) in [6, 6.07) is -0.210. The molecule has 3 fully saturated rings. The zero-order chi connectivity index (χ0) is 24.5. The Bertz CT molecular complexity index is 685. The van der Waals surface area contributed by atoms with E-state index in [1.54, 1.807) is 0 Å². The van der Waals surface area contributed by atoms with Gasteiger partial charge >= 0.3 is 5.97 Å². The quantitative estimate of drug-likeness (QED) is 0.227. The molecule has 0 spiro atoms. The second-order valence-electron chi connectivity index (χ2n) is 10.3. The Hall–Kier alpha value is -1.29. The molecule has 11 heteroatoms. The number of carboxylic acids is 1. The average Bonchev–Trinajstić information content (AvgIpc) is 3.12. The molecule has 4 N–H and O–H groups in total. The summed E-state index contributed by atoms with van der Waals surface area (Å²) in [7, 11) is 1.96. The first-order chi connectivity index (χ1) is 16.4. The molecule has 0 bridgehead atoms. The number of nitrogens with two attached hydrogens (primary N) is 1. The number of ether oxygens (including phenoxy) is 1. The molecule has 2 atom stereocenters. The molecule has 1 aliphatic carbocycles. The van der Waals surface area contributed by atoms with Crippen molar-refractivity contribution >= 4 is 42.7 Å². The van der Waals surface area contributed by atoms with Crippen LogP contribution in [0.4, 0.5) is 0 Å². The Morgan fingerprint density at radius 3 is 2.19 bits per heavy atom. The molecule has 1 saturated carbocycles. The fourth-order valence-corrected chi connectivity index (χ4v) is 5.91. The third kappa shape index (κ3) is 9.54. The van der Waals surface area contributed by atoms with Gasteiger partial charge in [-0.05, 0) is 58.4 Å². The number of guanidine groups is 1. The Balaban J connectivity index is 0.00000324. The summed E-state index contributed by atoms with van der Waals surface area (Å²) >= 11 is 0. The Kier molecular flexibility index (Phi) is 15.0. The summed E-state index contributed by atoms with van der Waals surface area (Å²) in [5.41, 5.74) is 5.58. The number of carbonyl (C=O) groups excluding carboxylic acids is 1. The number of carboxylic acid groups (broad SMARTS) is 1. The van der Waals surface area contributed by atoms with Crippen LogP contribution < -0.4 is 5.73 Å². The molecule has 36 heavy (non-hydrogen) atoms. The molecule has 3 rings (SSSR count). The minimum Gasteiger partial charge on any atom is -0.481 e. The lowest BCUT2D eigenvalue weighted by atomic mass is 9.96. The smallest absolute Gasteiger partial charge is 0.305 e. The van der Waals surface area contributed by atoms with Crippen LogP contribution in [0.1, 0.15) is 83.5 Å². The second kappa shape index (κ2) is 16.5. The van der Waals surface area contributed by atoms with Crippen LogP contribution in [0, 0.1) is 5.41 Å². The number of likely N-dealkylation sites (N-methyl/N-ethyl adjacent to an activating group) is 1. The lowest BCUT2D eigenvalue weighted by molar-refractivity contribution is -0.148. The molecule has 1 unspecified atom stereocenters. The lowest BCUT2D eigenvalue weighted by Gasteiger charge is -2.41. The van der Waals surface area contributed by atoms with Gasteiger partial charge in [0.25, 0.3) is 0 Å². The van der Waals surface area contributed by atoms with Gasteiger partial charge in [0.1, 0.15) is 0 Å². The highest BCUT2D eigenvalue weighted by Gasteiger charge is 2.37. The molecule has 0 aromatic rings. The van der Waals surface area contributed by atoms with Crippen molar-refractivity contribution in [2.45, 2.75) is 108 Å². The highest BCUT2D eigenvalue weighted by atomic mass is 35.5. The number of carbonyl (C=O) groups is 2. The van der Waals surface area contributed by atoms with E-state index in [9.17, 15) is 14.7 Å². The molecule has 2 saturated heterocycles. The summed E-state index contributed by atoms with van der Waals surface area (Å²) in [5.74, 6) is -0.805. The second-order valence-corrected chi connectivity index (χ2v) is 10.3. The van der Waals surface area contributed by atoms with Crippen molar-refractivity contribution in [2.75, 3.05) is 33.3 Å². The zero-order valence-electron chi connectivity index (χ0n) is 21.7. The van der Waals surface area contributed by atoms with Gasteiger partial charge in [0.05, 0.1) is 18.6 Å². The van der Waals surface area contributed by atoms with Crippen molar-refractivity contribution < 1.29 is 19.4 Å². The Labute approximate surface area is 228 Å². The molecule has 0 aromatic carbocycles. The van der Waals surface area contributed by atoms with E-state index in [2.05, 4.69) is 4.90 Å². The van der Waals surface area contributed by atoms with Gasteiger partial charge in [-0.25, -0.2) is 0 Å². The first-order valence-corrected chi connectivity index (χ1v) is 13.3. The van der Waals surface area contributed by atoms with Gasteiger partial charge in [0, 0.05) is 38.3 Å². The number of rotatable bonds is 9. The average molecular weight is 553 g/mol. The van der Waals surface area contributed by atoms with Crippen LogP contribution in [-0.2, 0) is 14.3 Å². The molecule has 1 amide bonds. The molecule has 2 heterocycles. The fraction of sp³-hybridized carbons (Fsp3) is 0.880. The van der Waals surface area contributed by atoms with Gasteiger partial charge < -0.3 is 25.4 Å². The third-order valence-corrected chi connectivity index (χ3v) is 8.04. The van der Waals surface area contributed by atoms with E-state index in [-0.39, 0.29) is 61.3 Å². The van der Waals surface area contributed by atoms with Crippen LogP contribution in [0.5, 0.6) is 0 Å². The van der Waals surface area contributed by atoms with Crippen molar-refractivity contribution in [3.63, 3.8) is 0 Å². The number of nitrogens with zero attached hydrogens (tertiary/aromatic N) is 3. The summed E-state index contributed by atoms with van der Waals surface area (Å²) in [4.78, 5) is 31.3. The summed E-state index contributed by atoms with van der Waals surface area (Å²) < 4.78 is 6.14. The SMILES string of the molecule is CN(C1CCCCCC1)[C@@H](CC(=O)O)C(=O)N1CCCCC1CCOC1CCN(C(=N)N)CC1.Cl.Cl. The third-order valence-electron chi connectivity index (χ3n) is 8.04. The van der Waals surface area contributed by atoms with Crippen LogP contribution in [0.3, 0.4) is 0 Å². The van der Waals surface area contributed by atoms with Crippen molar-refractivity contribution in [3.8, 4) is 0 Å². The molecule has 9 nitrogen and oxygen atoms in total. The van der Waals surface area contributed by atoms with E-state index in [0.717, 1.165) is 77.3 Å². The van der Waals surface area contributed by atoms with Crippen LogP contribution >= 0.6 is 24.8 Å². The van der Waals surface area contributed by atoms with Gasteiger partial charge in [0.2, 0.25) is 5.91 Å². The van der Waals surface area contributed by atoms with E-state index in [1.807, 2.05) is 16.8 Å². The monoisotopic (exact) mass is 551 g/mol. The first-order valence-electron chi connectivity index (χ1n) is 13.3. The van der Waals surface area contributed by atoms with Gasteiger partial charge in [-0.1, -0.05) is 25.7 Å². The summed E-state index contributed by atoms with van der Waals surface area (Å²) in [6.07, 6.45) is 12.4. The van der Waals surface area contributed by atoms with Gasteiger partial charge in [-0.15, -0.1) is 24.8 Å². The molecule has 0 aromatic heterocycles. The van der Waals surface area contributed by atoms with E-state index in [0.29, 0.717) is 13.2 Å². The molecule has 3 aliphatic rings.